The van der Waals surface area contributed by atoms with E-state index >= 15 is 0 Å². The Labute approximate surface area is 107 Å². The molecule has 2 rings (SSSR count). The second-order valence-corrected chi connectivity index (χ2v) is 3.35. The van der Waals surface area contributed by atoms with Gasteiger partial charge in [0.25, 0.3) is 0 Å². The molecule has 0 atom stereocenters. The molecular formula is C12H9LiOS. The van der Waals surface area contributed by atoms with Crippen molar-refractivity contribution in [3.63, 3.8) is 0 Å². The molecule has 2 aromatic carbocycles. The van der Waals surface area contributed by atoms with Crippen LogP contribution in [0.4, 0.5) is 0 Å². The summed E-state index contributed by atoms with van der Waals surface area (Å²) in [6.45, 7) is 0. The van der Waals surface area contributed by atoms with Crippen molar-refractivity contribution in [1.82, 2.24) is 0 Å². The molecule has 0 fully saturated rings. The smallest absolute Gasteiger partial charge is 0.483 e. The first kappa shape index (κ1) is 12.3. The molecule has 15 heavy (non-hydrogen) atoms. The van der Waals surface area contributed by atoms with E-state index in [0.29, 0.717) is 0 Å². The van der Waals surface area contributed by atoms with Gasteiger partial charge in [-0.2, -0.15) is 18.2 Å². The minimum absolute atomic E-state index is 0. The Kier molecular flexibility index (Phi) is 4.84. The van der Waals surface area contributed by atoms with Crippen molar-refractivity contribution in [2.24, 2.45) is 0 Å². The van der Waals surface area contributed by atoms with Crippen LogP contribution in [0.5, 0.6) is 11.5 Å². The van der Waals surface area contributed by atoms with E-state index in [9.17, 15) is 0 Å². The molecular weight excluding hydrogens is 199 g/mol. The first-order chi connectivity index (χ1) is 6.84. The Hall–Kier alpha value is -0.813. The van der Waals surface area contributed by atoms with Crippen LogP contribution < -0.4 is 23.6 Å². The third-order valence-corrected chi connectivity index (χ3v) is 2.06. The average Bonchev–Trinajstić information content (AvgIpc) is 2.23. The molecule has 3 heteroatoms. The van der Waals surface area contributed by atoms with Gasteiger partial charge in [-0.25, -0.2) is 0 Å². The van der Waals surface area contributed by atoms with Gasteiger partial charge in [-0.15, -0.1) is 24.8 Å². The predicted molar refractivity (Wildman–Crippen MR) is 59.0 cm³/mol. The van der Waals surface area contributed by atoms with E-state index in [0.717, 1.165) is 16.4 Å². The van der Waals surface area contributed by atoms with Crippen LogP contribution in [0.2, 0.25) is 0 Å². The summed E-state index contributed by atoms with van der Waals surface area (Å²) in [5, 5.41) is 0. The van der Waals surface area contributed by atoms with Crippen LogP contribution >= 0.6 is 12.6 Å². The van der Waals surface area contributed by atoms with Crippen molar-refractivity contribution in [3.8, 4) is 11.5 Å². The Morgan fingerprint density at radius 3 is 2.00 bits per heavy atom. The fraction of sp³-hybridized carbons (Fsp3) is 0. The molecule has 0 aromatic heterocycles. The Balaban J connectivity index is 0.00000112. The van der Waals surface area contributed by atoms with Crippen molar-refractivity contribution in [1.29, 1.82) is 0 Å². The molecule has 2 aromatic rings. The van der Waals surface area contributed by atoms with Gasteiger partial charge in [-0.1, -0.05) is 0 Å². The summed E-state index contributed by atoms with van der Waals surface area (Å²) < 4.78 is 5.58. The van der Waals surface area contributed by atoms with E-state index in [1.54, 1.807) is 0 Å². The van der Waals surface area contributed by atoms with Crippen LogP contribution in [0.25, 0.3) is 0 Å². The van der Waals surface area contributed by atoms with Crippen LogP contribution in [0, 0.1) is 6.07 Å². The zero-order valence-electron chi connectivity index (χ0n) is 8.47. The summed E-state index contributed by atoms with van der Waals surface area (Å²) in [6, 6.07) is 17.9. The second-order valence-electron chi connectivity index (χ2n) is 2.83. The molecule has 0 amide bonds. The molecule has 0 aliphatic rings. The quantitative estimate of drug-likeness (QED) is 0.431. The molecule has 0 aliphatic carbocycles. The largest absolute Gasteiger partial charge is 1.00 e. The van der Waals surface area contributed by atoms with Crippen LogP contribution in [0.15, 0.2) is 53.4 Å². The molecule has 0 radical (unpaired) electrons. The minimum Gasteiger partial charge on any atom is -0.483 e. The maximum atomic E-state index is 5.58. The van der Waals surface area contributed by atoms with Gasteiger partial charge < -0.3 is 4.74 Å². The Morgan fingerprint density at radius 1 is 0.867 bits per heavy atom. The predicted octanol–water partition coefficient (Wildman–Crippen LogP) is 0.572. The van der Waals surface area contributed by atoms with E-state index in [1.165, 1.54) is 0 Å². The van der Waals surface area contributed by atoms with Crippen molar-refractivity contribution in [3.05, 3.63) is 54.6 Å². The molecule has 0 saturated carbocycles. The first-order valence-electron chi connectivity index (χ1n) is 4.27. The van der Waals surface area contributed by atoms with Gasteiger partial charge in [0.15, 0.2) is 0 Å². The summed E-state index contributed by atoms with van der Waals surface area (Å²) in [6.07, 6.45) is 0. The maximum absolute atomic E-state index is 5.58. The van der Waals surface area contributed by atoms with Crippen LogP contribution in [-0.2, 0) is 0 Å². The van der Waals surface area contributed by atoms with Crippen molar-refractivity contribution < 1.29 is 23.6 Å². The second kappa shape index (κ2) is 5.92. The van der Waals surface area contributed by atoms with Gasteiger partial charge >= 0.3 is 18.9 Å². The van der Waals surface area contributed by atoms with Crippen molar-refractivity contribution in [2.75, 3.05) is 0 Å². The summed E-state index contributed by atoms with van der Waals surface area (Å²) in [4.78, 5) is 0.929. The third kappa shape index (κ3) is 3.68. The molecule has 0 bridgehead atoms. The molecule has 0 unspecified atom stereocenters. The number of hydrogen-bond donors (Lipinski definition) is 1. The summed E-state index contributed by atoms with van der Waals surface area (Å²) in [5.74, 6) is 1.63. The summed E-state index contributed by atoms with van der Waals surface area (Å²) in [5.41, 5.74) is 0. The maximum Gasteiger partial charge on any atom is 1.00 e. The SMILES string of the molecule is Sc1ccc(Oc2cc[c-]cc2)cc1.[Li+]. The van der Waals surface area contributed by atoms with E-state index in [4.69, 9.17) is 4.74 Å². The topological polar surface area (TPSA) is 9.23 Å². The van der Waals surface area contributed by atoms with Crippen LogP contribution in [-0.4, -0.2) is 0 Å². The number of ether oxygens (including phenoxy) is 1. The van der Waals surface area contributed by atoms with Crippen molar-refractivity contribution >= 4 is 12.6 Å². The molecule has 0 N–H and O–H groups in total. The molecule has 0 aliphatic heterocycles. The monoisotopic (exact) mass is 208 g/mol. The van der Waals surface area contributed by atoms with Crippen LogP contribution in [0.3, 0.4) is 0 Å². The van der Waals surface area contributed by atoms with Crippen molar-refractivity contribution in [2.45, 2.75) is 4.90 Å². The normalized spacial score (nSPS) is 9.13. The van der Waals surface area contributed by atoms with Gasteiger partial charge in [0.1, 0.15) is 5.75 Å². The number of hydrogen-bond acceptors (Lipinski definition) is 2. The first-order valence-corrected chi connectivity index (χ1v) is 4.72. The zero-order chi connectivity index (χ0) is 9.80. The third-order valence-electron chi connectivity index (χ3n) is 1.76. The fourth-order valence-electron chi connectivity index (χ4n) is 1.09. The van der Waals surface area contributed by atoms with Gasteiger partial charge in [0.2, 0.25) is 0 Å². The van der Waals surface area contributed by atoms with E-state index < -0.39 is 0 Å². The standard InChI is InChI=1S/C12H9OS.Li/c14-12-8-6-11(7-9-12)13-10-4-2-1-3-5-10;/h2-9,14H;/q-1;+1. The van der Waals surface area contributed by atoms with Gasteiger partial charge in [-0.05, 0) is 24.3 Å². The van der Waals surface area contributed by atoms with E-state index in [2.05, 4.69) is 18.7 Å². The zero-order valence-corrected chi connectivity index (χ0v) is 9.37. The van der Waals surface area contributed by atoms with Gasteiger partial charge in [-0.3, -0.25) is 0 Å². The Bertz CT molecular complexity index is 400. The van der Waals surface area contributed by atoms with Gasteiger partial charge in [0.05, 0.1) is 0 Å². The minimum atomic E-state index is 0. The average molecular weight is 208 g/mol. The molecule has 0 spiro atoms. The van der Waals surface area contributed by atoms with Crippen LogP contribution in [0.1, 0.15) is 0 Å². The summed E-state index contributed by atoms with van der Waals surface area (Å²) in [7, 11) is 0. The summed E-state index contributed by atoms with van der Waals surface area (Å²) >= 11 is 4.20. The fourth-order valence-corrected chi connectivity index (χ4v) is 1.24. The van der Waals surface area contributed by atoms with E-state index in [1.807, 2.05) is 48.5 Å². The number of rotatable bonds is 2. The molecule has 1 nitrogen and oxygen atoms in total. The number of benzene rings is 2. The number of thiol groups is 1. The van der Waals surface area contributed by atoms with Gasteiger partial charge in [0, 0.05) is 10.6 Å². The molecule has 0 heterocycles. The molecule has 0 saturated heterocycles. The Morgan fingerprint density at radius 2 is 1.40 bits per heavy atom. The molecule has 70 valence electrons. The van der Waals surface area contributed by atoms with E-state index in [-0.39, 0.29) is 18.9 Å².